The van der Waals surface area contributed by atoms with E-state index >= 15 is 0 Å². The lowest BCUT2D eigenvalue weighted by Crippen LogP contribution is -2.39. The number of aryl methyl sites for hydroxylation is 2. The van der Waals surface area contributed by atoms with Gasteiger partial charge in [-0.2, -0.15) is 15.5 Å². The van der Waals surface area contributed by atoms with Gasteiger partial charge in [-0.1, -0.05) is 12.1 Å². The Morgan fingerprint density at radius 3 is 2.35 bits per heavy atom. The number of rotatable bonds is 7. The fraction of sp³-hybridized carbons (Fsp3) is 0.286. The highest BCUT2D eigenvalue weighted by Crippen LogP contribution is 2.32. The zero-order chi connectivity index (χ0) is 26.5. The fourth-order valence-electron chi connectivity index (χ4n) is 4.47. The number of nitriles is 2. The molecule has 1 aromatic heterocycles. The molecule has 1 aliphatic heterocycles. The third-order valence-electron chi connectivity index (χ3n) is 6.43. The highest BCUT2D eigenvalue weighted by Gasteiger charge is 2.22. The molecule has 1 aliphatic rings. The van der Waals surface area contributed by atoms with Crippen LogP contribution in [-0.2, 0) is 6.54 Å². The van der Waals surface area contributed by atoms with Crippen molar-refractivity contribution in [2.45, 2.75) is 39.3 Å². The fourth-order valence-corrected chi connectivity index (χ4v) is 4.47. The quantitative estimate of drug-likeness (QED) is 0.489. The number of ether oxygens (including phenoxy) is 1. The van der Waals surface area contributed by atoms with Gasteiger partial charge in [-0.15, -0.1) is 0 Å². The van der Waals surface area contributed by atoms with E-state index in [0.717, 1.165) is 44.1 Å². The van der Waals surface area contributed by atoms with Crippen molar-refractivity contribution >= 4 is 11.7 Å². The normalized spacial score (nSPS) is 14.0. The van der Waals surface area contributed by atoms with E-state index in [9.17, 15) is 14.4 Å². The number of pyridine rings is 1. The van der Waals surface area contributed by atoms with Crippen LogP contribution in [0.15, 0.2) is 42.5 Å². The Bertz CT molecular complexity index is 1380. The maximum absolute atomic E-state index is 14.8. The van der Waals surface area contributed by atoms with Gasteiger partial charge in [0.15, 0.2) is 5.82 Å². The molecule has 0 spiro atoms. The van der Waals surface area contributed by atoms with Crippen molar-refractivity contribution < 1.29 is 13.9 Å². The molecule has 0 unspecified atom stereocenters. The van der Waals surface area contributed by atoms with E-state index in [4.69, 9.17) is 15.7 Å². The van der Waals surface area contributed by atoms with Crippen molar-refractivity contribution in [3.8, 4) is 23.8 Å². The third-order valence-corrected chi connectivity index (χ3v) is 6.43. The molecule has 3 N–H and O–H groups in total. The summed E-state index contributed by atoms with van der Waals surface area (Å²) in [6.07, 6.45) is 1.63. The number of likely N-dealkylation sites (tertiary alicyclic amines) is 1. The number of carbonyl (C=O) groups excluding carboxylic acids is 1. The van der Waals surface area contributed by atoms with Crippen LogP contribution in [0.4, 0.5) is 10.2 Å². The number of hydrogen-bond donors (Lipinski definition) is 2. The Morgan fingerprint density at radius 1 is 1.14 bits per heavy atom. The maximum atomic E-state index is 14.8. The summed E-state index contributed by atoms with van der Waals surface area (Å²) in [7, 11) is 0. The van der Waals surface area contributed by atoms with E-state index in [1.807, 2.05) is 18.2 Å². The van der Waals surface area contributed by atoms with Crippen LogP contribution in [0.5, 0.6) is 11.6 Å². The van der Waals surface area contributed by atoms with Gasteiger partial charge >= 0.3 is 0 Å². The van der Waals surface area contributed by atoms with E-state index in [2.05, 4.69) is 21.3 Å². The van der Waals surface area contributed by atoms with Gasteiger partial charge in [0.1, 0.15) is 17.6 Å². The average molecular weight is 499 g/mol. The van der Waals surface area contributed by atoms with Crippen LogP contribution < -0.4 is 15.8 Å². The summed E-state index contributed by atoms with van der Waals surface area (Å²) in [4.78, 5) is 17.9. The van der Waals surface area contributed by atoms with Crippen LogP contribution >= 0.6 is 0 Å². The molecule has 0 aliphatic carbocycles. The number of carbonyl (C=O) groups is 1. The SMILES string of the molecule is Cc1cc(C#N)cc(C)c1Oc1nc(NC2CCN(Cc3ccc(C(N)=O)cc3)CC2)c(C#N)cc1F. The summed E-state index contributed by atoms with van der Waals surface area (Å²) in [5.74, 6) is -0.696. The lowest BCUT2D eigenvalue weighted by atomic mass is 10.0. The number of amides is 1. The molecule has 1 fully saturated rings. The molecule has 8 nitrogen and oxygen atoms in total. The van der Waals surface area contributed by atoms with Crippen LogP contribution in [-0.4, -0.2) is 34.9 Å². The van der Waals surface area contributed by atoms with Gasteiger partial charge in [0.2, 0.25) is 5.91 Å². The molecule has 0 bridgehead atoms. The Hall–Kier alpha value is -4.47. The first-order valence-corrected chi connectivity index (χ1v) is 11.9. The van der Waals surface area contributed by atoms with E-state index < -0.39 is 11.7 Å². The first kappa shape index (κ1) is 25.6. The van der Waals surface area contributed by atoms with E-state index in [1.165, 1.54) is 0 Å². The van der Waals surface area contributed by atoms with Crippen molar-refractivity contribution in [3.05, 3.63) is 81.7 Å². The number of benzene rings is 2. The minimum absolute atomic E-state index is 0.0600. The number of anilines is 1. The molecule has 1 amide bonds. The number of hydrogen-bond acceptors (Lipinski definition) is 7. The summed E-state index contributed by atoms with van der Waals surface area (Å²) in [5, 5.41) is 22.0. The number of piperidine rings is 1. The van der Waals surface area contributed by atoms with Gasteiger partial charge < -0.3 is 15.8 Å². The predicted molar refractivity (Wildman–Crippen MR) is 136 cm³/mol. The lowest BCUT2D eigenvalue weighted by Gasteiger charge is -2.32. The molecule has 0 atom stereocenters. The second-order valence-corrected chi connectivity index (χ2v) is 9.19. The summed E-state index contributed by atoms with van der Waals surface area (Å²) in [6, 6.07) is 15.9. The van der Waals surface area contributed by atoms with Crippen LogP contribution in [0.3, 0.4) is 0 Å². The topological polar surface area (TPSA) is 128 Å². The summed E-state index contributed by atoms with van der Waals surface area (Å²) >= 11 is 0. The van der Waals surface area contributed by atoms with Gasteiger partial charge in [-0.25, -0.2) is 4.39 Å². The van der Waals surface area contributed by atoms with Crippen molar-refractivity contribution in [1.29, 1.82) is 10.5 Å². The molecule has 1 saturated heterocycles. The number of nitrogens with zero attached hydrogens (tertiary/aromatic N) is 4. The second-order valence-electron chi connectivity index (χ2n) is 9.19. The largest absolute Gasteiger partial charge is 0.436 e. The van der Waals surface area contributed by atoms with Crippen LogP contribution in [0, 0.1) is 42.3 Å². The average Bonchev–Trinajstić information content (AvgIpc) is 2.88. The summed E-state index contributed by atoms with van der Waals surface area (Å²) in [5.41, 5.74) is 8.86. The smallest absolute Gasteiger partial charge is 0.257 e. The standard InChI is InChI=1S/C28H27FN6O2/c1-17-11-20(14-30)12-18(2)25(17)37-28-24(29)13-22(15-31)27(34-28)33-23-7-9-35(10-8-23)16-19-3-5-21(6-4-19)26(32)36/h3-6,11-13,23H,7-10,16H2,1-2H3,(H2,32,36)(H,33,34). The van der Waals surface area contributed by atoms with Gasteiger partial charge in [0.25, 0.3) is 5.88 Å². The maximum Gasteiger partial charge on any atom is 0.257 e. The molecule has 0 radical (unpaired) electrons. The predicted octanol–water partition coefficient (Wildman–Crippen LogP) is 4.55. The Balaban J connectivity index is 1.43. The van der Waals surface area contributed by atoms with E-state index in [1.54, 1.807) is 38.1 Å². The van der Waals surface area contributed by atoms with Gasteiger partial charge in [0, 0.05) is 37.3 Å². The van der Waals surface area contributed by atoms with Crippen molar-refractivity contribution in [3.63, 3.8) is 0 Å². The van der Waals surface area contributed by atoms with Crippen LogP contribution in [0.1, 0.15) is 51.0 Å². The molecular weight excluding hydrogens is 471 g/mol. The first-order valence-electron chi connectivity index (χ1n) is 11.9. The molecule has 2 aromatic carbocycles. The highest BCUT2D eigenvalue weighted by atomic mass is 19.1. The van der Waals surface area contributed by atoms with Crippen LogP contribution in [0.2, 0.25) is 0 Å². The Labute approximate surface area is 215 Å². The molecule has 0 saturated carbocycles. The van der Waals surface area contributed by atoms with Crippen molar-refractivity contribution in [1.82, 2.24) is 9.88 Å². The zero-order valence-electron chi connectivity index (χ0n) is 20.7. The van der Waals surface area contributed by atoms with E-state index in [-0.39, 0.29) is 23.3 Å². The molecule has 3 aromatic rings. The third kappa shape index (κ3) is 6.03. The molecule has 37 heavy (non-hydrogen) atoms. The molecule has 9 heteroatoms. The first-order chi connectivity index (χ1) is 17.8. The minimum Gasteiger partial charge on any atom is -0.436 e. The van der Waals surface area contributed by atoms with Gasteiger partial charge in [-0.3, -0.25) is 9.69 Å². The monoisotopic (exact) mass is 498 g/mol. The van der Waals surface area contributed by atoms with E-state index in [0.29, 0.717) is 28.0 Å². The second kappa shape index (κ2) is 11.1. The number of aromatic nitrogens is 1. The molecule has 2 heterocycles. The number of primary amides is 1. The molecular formula is C28H27FN6O2. The van der Waals surface area contributed by atoms with Crippen molar-refractivity contribution in [2.24, 2.45) is 5.73 Å². The molecule has 188 valence electrons. The Morgan fingerprint density at radius 2 is 1.78 bits per heavy atom. The Kier molecular flexibility index (Phi) is 7.66. The number of nitrogens with one attached hydrogen (secondary N) is 1. The zero-order valence-corrected chi connectivity index (χ0v) is 20.7. The minimum atomic E-state index is -0.734. The van der Waals surface area contributed by atoms with Crippen LogP contribution in [0.25, 0.3) is 0 Å². The summed E-state index contributed by atoms with van der Waals surface area (Å²) in [6.45, 7) is 5.97. The number of nitrogens with two attached hydrogens (primary N) is 1. The lowest BCUT2D eigenvalue weighted by molar-refractivity contribution is 0.1000. The van der Waals surface area contributed by atoms with Gasteiger partial charge in [0.05, 0.1) is 17.2 Å². The molecule has 4 rings (SSSR count). The van der Waals surface area contributed by atoms with Gasteiger partial charge in [-0.05, 0) is 67.6 Å². The summed E-state index contributed by atoms with van der Waals surface area (Å²) < 4.78 is 20.6. The van der Waals surface area contributed by atoms with Crippen molar-refractivity contribution in [2.75, 3.05) is 18.4 Å². The number of halogens is 1. The highest BCUT2D eigenvalue weighted by molar-refractivity contribution is 5.92.